The molecule has 0 spiro atoms. The van der Waals surface area contributed by atoms with E-state index in [4.69, 9.17) is 15.4 Å². The Morgan fingerprint density at radius 2 is 1.95 bits per heavy atom. The van der Waals surface area contributed by atoms with E-state index in [1.807, 2.05) is 19.1 Å². The zero-order valence-corrected chi connectivity index (χ0v) is 12.6. The lowest BCUT2D eigenvalue weighted by Crippen LogP contribution is -2.06. The maximum Gasteiger partial charge on any atom is 0.296 e. The topological polar surface area (TPSA) is 74.1 Å². The van der Waals surface area contributed by atoms with Gasteiger partial charge in [0.25, 0.3) is 14.2 Å². The molecule has 0 amide bonds. The quantitative estimate of drug-likeness (QED) is 0.791. The third-order valence-electron chi connectivity index (χ3n) is 2.68. The van der Waals surface area contributed by atoms with Crippen LogP contribution in [0.3, 0.4) is 0 Å². The Kier molecular flexibility index (Phi) is 4.29. The molecule has 20 heavy (non-hydrogen) atoms. The second-order valence-corrected chi connectivity index (χ2v) is 6.38. The first-order valence-electron chi connectivity index (χ1n) is 6.09. The van der Waals surface area contributed by atoms with E-state index in [1.165, 1.54) is 4.57 Å². The summed E-state index contributed by atoms with van der Waals surface area (Å²) in [6, 6.07) is 7.25. The second-order valence-electron chi connectivity index (χ2n) is 3.92. The Labute approximate surface area is 121 Å². The monoisotopic (exact) mass is 315 g/mol. The lowest BCUT2D eigenvalue weighted by atomic mass is 10.2. The average molecular weight is 316 g/mol. The number of ether oxygens (including phenoxy) is 1. The van der Waals surface area contributed by atoms with Gasteiger partial charge in [-0.1, -0.05) is 12.1 Å². The molecule has 0 saturated carbocycles. The van der Waals surface area contributed by atoms with Crippen LogP contribution in [-0.4, -0.2) is 29.8 Å². The van der Waals surface area contributed by atoms with Gasteiger partial charge in [0.05, 0.1) is 12.2 Å². The normalized spacial score (nSPS) is 11.6. The first kappa shape index (κ1) is 14.8. The van der Waals surface area contributed by atoms with Crippen molar-refractivity contribution in [3.8, 4) is 17.1 Å². The lowest BCUT2D eigenvalue weighted by molar-refractivity contribution is 0.341. The SMILES string of the molecule is CCOc1ccccc1-c1nnc(S(=O)(=O)Cl)n1CC. The molecule has 2 rings (SSSR count). The number of hydrogen-bond donors (Lipinski definition) is 0. The van der Waals surface area contributed by atoms with E-state index in [0.717, 1.165) is 0 Å². The maximum atomic E-state index is 11.5. The van der Waals surface area contributed by atoms with Crippen LogP contribution in [-0.2, 0) is 15.6 Å². The van der Waals surface area contributed by atoms with Gasteiger partial charge < -0.3 is 4.74 Å². The predicted molar refractivity (Wildman–Crippen MR) is 75.3 cm³/mol. The molecule has 2 aromatic rings. The van der Waals surface area contributed by atoms with Crippen LogP contribution in [0.25, 0.3) is 11.4 Å². The molecule has 108 valence electrons. The van der Waals surface area contributed by atoms with Gasteiger partial charge in [-0.3, -0.25) is 4.57 Å². The van der Waals surface area contributed by atoms with E-state index < -0.39 is 9.05 Å². The molecule has 1 heterocycles. The summed E-state index contributed by atoms with van der Waals surface area (Å²) >= 11 is 0. The van der Waals surface area contributed by atoms with Gasteiger partial charge in [0, 0.05) is 17.2 Å². The highest BCUT2D eigenvalue weighted by molar-refractivity contribution is 8.13. The van der Waals surface area contributed by atoms with Gasteiger partial charge in [-0.05, 0) is 26.0 Å². The van der Waals surface area contributed by atoms with Crippen molar-refractivity contribution in [1.82, 2.24) is 14.8 Å². The van der Waals surface area contributed by atoms with Crippen molar-refractivity contribution in [1.29, 1.82) is 0 Å². The highest BCUT2D eigenvalue weighted by Crippen LogP contribution is 2.30. The van der Waals surface area contributed by atoms with E-state index in [9.17, 15) is 8.42 Å². The second kappa shape index (κ2) is 5.80. The summed E-state index contributed by atoms with van der Waals surface area (Å²) < 4.78 is 29.9. The third kappa shape index (κ3) is 2.78. The summed E-state index contributed by atoms with van der Waals surface area (Å²) in [5.41, 5.74) is 0.676. The molecule has 0 aliphatic rings. The molecule has 0 atom stereocenters. The van der Waals surface area contributed by atoms with Crippen molar-refractivity contribution in [3.05, 3.63) is 24.3 Å². The van der Waals surface area contributed by atoms with Crippen LogP contribution in [0, 0.1) is 0 Å². The van der Waals surface area contributed by atoms with Gasteiger partial charge in [0.1, 0.15) is 5.75 Å². The highest BCUT2D eigenvalue weighted by atomic mass is 35.7. The van der Waals surface area contributed by atoms with Crippen LogP contribution in [0.2, 0.25) is 0 Å². The summed E-state index contributed by atoms with van der Waals surface area (Å²) in [5.74, 6) is 1.03. The number of aromatic nitrogens is 3. The number of hydrogen-bond acceptors (Lipinski definition) is 5. The number of para-hydroxylation sites is 1. The fourth-order valence-electron chi connectivity index (χ4n) is 1.89. The summed E-state index contributed by atoms with van der Waals surface area (Å²) in [4.78, 5) is 0. The van der Waals surface area contributed by atoms with Gasteiger partial charge in [-0.2, -0.15) is 0 Å². The Bertz CT molecular complexity index is 712. The Morgan fingerprint density at radius 3 is 2.55 bits per heavy atom. The molecular formula is C12H14ClN3O3S. The molecule has 0 saturated heterocycles. The molecule has 8 heteroatoms. The molecule has 0 unspecified atom stereocenters. The predicted octanol–water partition coefficient (Wildman–Crippen LogP) is 2.29. The van der Waals surface area contributed by atoms with Crippen LogP contribution in [0.15, 0.2) is 29.4 Å². The Hall–Kier alpha value is -1.60. The van der Waals surface area contributed by atoms with E-state index in [2.05, 4.69) is 10.2 Å². The smallest absolute Gasteiger partial charge is 0.296 e. The van der Waals surface area contributed by atoms with Crippen LogP contribution in [0.1, 0.15) is 13.8 Å². The van der Waals surface area contributed by atoms with Gasteiger partial charge in [-0.15, -0.1) is 10.2 Å². The zero-order valence-electron chi connectivity index (χ0n) is 11.1. The molecule has 0 bridgehead atoms. The zero-order chi connectivity index (χ0) is 14.8. The summed E-state index contributed by atoms with van der Waals surface area (Å²) in [7, 11) is 1.42. The first-order valence-corrected chi connectivity index (χ1v) is 8.40. The van der Waals surface area contributed by atoms with Crippen molar-refractivity contribution >= 4 is 19.7 Å². The Morgan fingerprint density at radius 1 is 1.25 bits per heavy atom. The largest absolute Gasteiger partial charge is 0.493 e. The summed E-state index contributed by atoms with van der Waals surface area (Å²) in [6.07, 6.45) is 0. The molecule has 0 aliphatic heterocycles. The molecule has 0 aliphatic carbocycles. The summed E-state index contributed by atoms with van der Waals surface area (Å²) in [6.45, 7) is 4.54. The molecular weight excluding hydrogens is 302 g/mol. The highest BCUT2D eigenvalue weighted by Gasteiger charge is 2.23. The number of benzene rings is 1. The van der Waals surface area contributed by atoms with E-state index in [0.29, 0.717) is 30.3 Å². The lowest BCUT2D eigenvalue weighted by Gasteiger charge is -2.10. The van der Waals surface area contributed by atoms with Crippen molar-refractivity contribution in [3.63, 3.8) is 0 Å². The van der Waals surface area contributed by atoms with Gasteiger partial charge in [0.15, 0.2) is 5.82 Å². The minimum Gasteiger partial charge on any atom is -0.493 e. The maximum absolute atomic E-state index is 11.5. The number of nitrogens with zero attached hydrogens (tertiary/aromatic N) is 3. The molecule has 6 nitrogen and oxygen atoms in total. The minimum atomic E-state index is -3.94. The fraction of sp³-hybridized carbons (Fsp3) is 0.333. The van der Waals surface area contributed by atoms with E-state index in [1.54, 1.807) is 19.1 Å². The first-order chi connectivity index (χ1) is 9.49. The molecule has 0 fully saturated rings. The standard InChI is InChI=1S/C12H14ClN3O3S/c1-3-16-11(14-15-12(16)20(13,17)18)9-7-5-6-8-10(9)19-4-2/h5-8H,3-4H2,1-2H3. The van der Waals surface area contributed by atoms with Crippen molar-refractivity contribution in [2.75, 3.05) is 6.61 Å². The average Bonchev–Trinajstić information content (AvgIpc) is 2.83. The van der Waals surface area contributed by atoms with Gasteiger partial charge in [-0.25, -0.2) is 8.42 Å². The van der Waals surface area contributed by atoms with Crippen molar-refractivity contribution < 1.29 is 13.2 Å². The fourth-order valence-corrected chi connectivity index (χ4v) is 2.85. The van der Waals surface area contributed by atoms with Crippen molar-refractivity contribution in [2.24, 2.45) is 0 Å². The van der Waals surface area contributed by atoms with Gasteiger partial charge >= 0.3 is 0 Å². The third-order valence-corrected chi connectivity index (χ3v) is 3.83. The number of rotatable bonds is 5. The molecule has 1 aromatic heterocycles. The molecule has 0 radical (unpaired) electrons. The van der Waals surface area contributed by atoms with Crippen LogP contribution in [0.4, 0.5) is 0 Å². The van der Waals surface area contributed by atoms with Crippen LogP contribution < -0.4 is 4.74 Å². The van der Waals surface area contributed by atoms with E-state index >= 15 is 0 Å². The molecule has 1 aromatic carbocycles. The Balaban J connectivity index is 2.63. The van der Waals surface area contributed by atoms with Crippen LogP contribution >= 0.6 is 10.7 Å². The van der Waals surface area contributed by atoms with Crippen molar-refractivity contribution in [2.45, 2.75) is 25.5 Å². The van der Waals surface area contributed by atoms with Gasteiger partial charge in [0.2, 0.25) is 0 Å². The van der Waals surface area contributed by atoms with Crippen LogP contribution in [0.5, 0.6) is 5.75 Å². The number of halogens is 1. The minimum absolute atomic E-state index is 0.261. The summed E-state index contributed by atoms with van der Waals surface area (Å²) in [5, 5.41) is 7.35. The van der Waals surface area contributed by atoms with E-state index in [-0.39, 0.29) is 5.16 Å². The molecule has 0 N–H and O–H groups in total.